The van der Waals surface area contributed by atoms with Crippen LogP contribution in [0.1, 0.15) is 45.6 Å². The Morgan fingerprint density at radius 1 is 1.19 bits per heavy atom. The van der Waals surface area contributed by atoms with Gasteiger partial charge < -0.3 is 10.2 Å². The fourth-order valence-electron chi connectivity index (χ4n) is 2.10. The topological polar surface area (TPSA) is 49.4 Å². The first-order valence-corrected chi connectivity index (χ1v) is 7.71. The fourth-order valence-corrected chi connectivity index (χ4v) is 2.10. The Labute approximate surface area is 127 Å². The zero-order chi connectivity index (χ0) is 15.7. The summed E-state index contributed by atoms with van der Waals surface area (Å²) in [4.78, 5) is 26.0. The minimum absolute atomic E-state index is 0.00278. The molecular weight excluding hydrogens is 264 g/mol. The average Bonchev–Trinajstić information content (AvgIpc) is 2.52. The van der Waals surface area contributed by atoms with Gasteiger partial charge in [-0.25, -0.2) is 0 Å². The SMILES string of the molecule is CCCCNC(=O)[C@H](C)N(Cc1ccccc1)C(=O)CC. The van der Waals surface area contributed by atoms with E-state index in [1.165, 1.54) is 0 Å². The number of carbonyl (C=O) groups excluding carboxylic acids is 2. The first-order valence-electron chi connectivity index (χ1n) is 7.71. The van der Waals surface area contributed by atoms with E-state index in [-0.39, 0.29) is 11.8 Å². The number of hydrogen-bond acceptors (Lipinski definition) is 2. The molecule has 0 radical (unpaired) electrons. The van der Waals surface area contributed by atoms with E-state index < -0.39 is 6.04 Å². The molecule has 1 aromatic rings. The molecule has 0 saturated carbocycles. The molecule has 1 N–H and O–H groups in total. The minimum atomic E-state index is -0.450. The van der Waals surface area contributed by atoms with Crippen LogP contribution >= 0.6 is 0 Å². The summed E-state index contributed by atoms with van der Waals surface area (Å²) in [6.45, 7) is 6.83. The first kappa shape index (κ1) is 17.2. The maximum Gasteiger partial charge on any atom is 0.242 e. The number of benzene rings is 1. The van der Waals surface area contributed by atoms with Crippen LogP contribution in [0.25, 0.3) is 0 Å². The van der Waals surface area contributed by atoms with Crippen LogP contribution in [0, 0.1) is 0 Å². The average molecular weight is 290 g/mol. The number of nitrogens with one attached hydrogen (secondary N) is 1. The van der Waals surface area contributed by atoms with Crippen molar-refractivity contribution < 1.29 is 9.59 Å². The molecule has 0 aliphatic heterocycles. The maximum atomic E-state index is 12.2. The third-order valence-electron chi connectivity index (χ3n) is 3.50. The number of unbranched alkanes of at least 4 members (excludes halogenated alkanes) is 1. The Morgan fingerprint density at radius 2 is 1.86 bits per heavy atom. The molecule has 116 valence electrons. The molecule has 2 amide bonds. The van der Waals surface area contributed by atoms with Gasteiger partial charge in [-0.2, -0.15) is 0 Å². The van der Waals surface area contributed by atoms with Gasteiger partial charge in [-0.15, -0.1) is 0 Å². The second-order valence-electron chi connectivity index (χ2n) is 5.18. The second-order valence-corrected chi connectivity index (χ2v) is 5.18. The van der Waals surface area contributed by atoms with Gasteiger partial charge in [0.15, 0.2) is 0 Å². The summed E-state index contributed by atoms with van der Waals surface area (Å²) in [5.74, 6) is -0.0850. The monoisotopic (exact) mass is 290 g/mol. The number of carbonyl (C=O) groups is 2. The van der Waals surface area contributed by atoms with Crippen LogP contribution in [0.5, 0.6) is 0 Å². The first-order chi connectivity index (χ1) is 10.1. The van der Waals surface area contributed by atoms with Crippen LogP contribution in [0.4, 0.5) is 0 Å². The molecular formula is C17H26N2O2. The van der Waals surface area contributed by atoms with E-state index in [4.69, 9.17) is 0 Å². The molecule has 0 bridgehead atoms. The van der Waals surface area contributed by atoms with E-state index in [1.807, 2.05) is 37.3 Å². The molecule has 21 heavy (non-hydrogen) atoms. The highest BCUT2D eigenvalue weighted by atomic mass is 16.2. The van der Waals surface area contributed by atoms with Crippen molar-refractivity contribution in [2.45, 2.75) is 52.6 Å². The molecule has 0 unspecified atom stereocenters. The second kappa shape index (κ2) is 9.16. The van der Waals surface area contributed by atoms with Crippen molar-refractivity contribution in [1.29, 1.82) is 0 Å². The number of hydrogen-bond donors (Lipinski definition) is 1. The Morgan fingerprint density at radius 3 is 2.43 bits per heavy atom. The lowest BCUT2D eigenvalue weighted by Crippen LogP contribution is -2.47. The Balaban J connectivity index is 2.72. The van der Waals surface area contributed by atoms with Crippen molar-refractivity contribution in [3.8, 4) is 0 Å². The third-order valence-corrected chi connectivity index (χ3v) is 3.50. The lowest BCUT2D eigenvalue weighted by atomic mass is 10.1. The molecule has 0 aromatic heterocycles. The molecule has 1 atom stereocenters. The van der Waals surface area contributed by atoms with Crippen molar-refractivity contribution in [3.05, 3.63) is 35.9 Å². The molecule has 4 heteroatoms. The predicted octanol–water partition coefficient (Wildman–Crippen LogP) is 2.73. The molecule has 4 nitrogen and oxygen atoms in total. The quantitative estimate of drug-likeness (QED) is 0.748. The number of nitrogens with zero attached hydrogens (tertiary/aromatic N) is 1. The van der Waals surface area contributed by atoms with Crippen LogP contribution in [0.2, 0.25) is 0 Å². The third kappa shape index (κ3) is 5.58. The molecule has 0 heterocycles. The van der Waals surface area contributed by atoms with Gasteiger partial charge >= 0.3 is 0 Å². The van der Waals surface area contributed by atoms with Crippen molar-refractivity contribution in [1.82, 2.24) is 10.2 Å². The Kier molecular flexibility index (Phi) is 7.51. The lowest BCUT2D eigenvalue weighted by Gasteiger charge is -2.28. The van der Waals surface area contributed by atoms with Gasteiger partial charge in [0.25, 0.3) is 0 Å². The van der Waals surface area contributed by atoms with Gasteiger partial charge in [0, 0.05) is 19.5 Å². The van der Waals surface area contributed by atoms with E-state index in [1.54, 1.807) is 11.8 Å². The highest BCUT2D eigenvalue weighted by molar-refractivity contribution is 5.87. The van der Waals surface area contributed by atoms with Gasteiger partial charge in [-0.1, -0.05) is 50.6 Å². The van der Waals surface area contributed by atoms with E-state index in [9.17, 15) is 9.59 Å². The number of rotatable bonds is 8. The highest BCUT2D eigenvalue weighted by Crippen LogP contribution is 2.10. The molecule has 1 rings (SSSR count). The summed E-state index contributed by atoms with van der Waals surface area (Å²) < 4.78 is 0. The number of amides is 2. The molecule has 0 aliphatic carbocycles. The molecule has 1 aromatic carbocycles. The van der Waals surface area contributed by atoms with Crippen molar-refractivity contribution in [2.24, 2.45) is 0 Å². The van der Waals surface area contributed by atoms with Crippen LogP contribution < -0.4 is 5.32 Å². The Hall–Kier alpha value is -1.84. The largest absolute Gasteiger partial charge is 0.354 e. The van der Waals surface area contributed by atoms with Gasteiger partial charge in [0.05, 0.1) is 0 Å². The lowest BCUT2D eigenvalue weighted by molar-refractivity contribution is -0.140. The molecule has 0 spiro atoms. The van der Waals surface area contributed by atoms with Crippen molar-refractivity contribution in [2.75, 3.05) is 6.54 Å². The Bertz CT molecular complexity index is 445. The van der Waals surface area contributed by atoms with Gasteiger partial charge in [-0.05, 0) is 18.9 Å². The summed E-state index contributed by atoms with van der Waals surface area (Å²) in [7, 11) is 0. The van der Waals surface area contributed by atoms with Crippen LogP contribution in [-0.4, -0.2) is 29.3 Å². The summed E-state index contributed by atoms with van der Waals surface area (Å²) in [5.41, 5.74) is 1.03. The molecule has 0 saturated heterocycles. The minimum Gasteiger partial charge on any atom is -0.354 e. The van der Waals surface area contributed by atoms with Crippen LogP contribution in [0.15, 0.2) is 30.3 Å². The van der Waals surface area contributed by atoms with E-state index in [2.05, 4.69) is 12.2 Å². The van der Waals surface area contributed by atoms with Crippen LogP contribution in [0.3, 0.4) is 0 Å². The summed E-state index contributed by atoms with van der Waals surface area (Å²) in [5, 5.41) is 2.90. The van der Waals surface area contributed by atoms with Gasteiger partial charge in [0.1, 0.15) is 6.04 Å². The van der Waals surface area contributed by atoms with Gasteiger partial charge in [0.2, 0.25) is 11.8 Å². The standard InChI is InChI=1S/C17H26N2O2/c1-4-6-12-18-17(21)14(3)19(16(20)5-2)13-15-10-8-7-9-11-15/h7-11,14H,4-6,12-13H2,1-3H3,(H,18,21)/t14-/m0/s1. The fraction of sp³-hybridized carbons (Fsp3) is 0.529. The molecule has 0 aliphatic rings. The maximum absolute atomic E-state index is 12.2. The van der Waals surface area contributed by atoms with Gasteiger partial charge in [-0.3, -0.25) is 9.59 Å². The summed E-state index contributed by atoms with van der Waals surface area (Å²) in [6.07, 6.45) is 2.40. The van der Waals surface area contributed by atoms with Crippen molar-refractivity contribution >= 4 is 11.8 Å². The molecule has 0 fully saturated rings. The van der Waals surface area contributed by atoms with Crippen molar-refractivity contribution in [3.63, 3.8) is 0 Å². The smallest absolute Gasteiger partial charge is 0.242 e. The van der Waals surface area contributed by atoms with E-state index in [0.29, 0.717) is 19.5 Å². The van der Waals surface area contributed by atoms with Crippen LogP contribution in [-0.2, 0) is 16.1 Å². The zero-order valence-corrected chi connectivity index (χ0v) is 13.3. The zero-order valence-electron chi connectivity index (χ0n) is 13.3. The van der Waals surface area contributed by atoms with E-state index in [0.717, 1.165) is 18.4 Å². The predicted molar refractivity (Wildman–Crippen MR) is 84.7 cm³/mol. The summed E-state index contributed by atoms with van der Waals surface area (Å²) in [6, 6.07) is 9.31. The highest BCUT2D eigenvalue weighted by Gasteiger charge is 2.24. The summed E-state index contributed by atoms with van der Waals surface area (Å²) >= 11 is 0. The van der Waals surface area contributed by atoms with E-state index >= 15 is 0 Å². The normalized spacial score (nSPS) is 11.8.